The monoisotopic (exact) mass is 763 g/mol. The Hall–Kier alpha value is -8.15. The first-order valence-corrected chi connectivity index (χ1v) is 20.2. The van der Waals surface area contributed by atoms with Gasteiger partial charge >= 0.3 is 0 Å². The summed E-state index contributed by atoms with van der Waals surface area (Å²) in [5.74, 6) is 2.58. The van der Waals surface area contributed by atoms with Crippen molar-refractivity contribution in [3.8, 4) is 68.1 Å². The molecule has 0 spiro atoms. The maximum Gasteiger partial charge on any atom is 0.164 e. The van der Waals surface area contributed by atoms with Crippen LogP contribution in [0.5, 0.6) is 0 Å². The molecule has 0 bridgehead atoms. The molecule has 0 unspecified atom stereocenters. The Kier molecular flexibility index (Phi) is 7.78. The third-order valence-corrected chi connectivity index (χ3v) is 11.7. The fourth-order valence-electron chi connectivity index (χ4n) is 8.85. The van der Waals surface area contributed by atoms with E-state index in [1.54, 1.807) is 0 Å². The zero-order chi connectivity index (χ0) is 39.6. The van der Waals surface area contributed by atoms with Crippen molar-refractivity contribution in [2.75, 3.05) is 0 Å². The minimum absolute atomic E-state index is 0.625. The maximum absolute atomic E-state index is 5.31. The third kappa shape index (κ3) is 5.59. The van der Waals surface area contributed by atoms with Gasteiger partial charge in [-0.05, 0) is 72.1 Å². The molecule has 0 aliphatic carbocycles. The minimum Gasteiger partial charge on any atom is -0.228 e. The van der Waals surface area contributed by atoms with Crippen molar-refractivity contribution in [3.63, 3.8) is 0 Å². The van der Waals surface area contributed by atoms with Crippen molar-refractivity contribution in [1.29, 1.82) is 0 Å². The van der Waals surface area contributed by atoms with Crippen LogP contribution < -0.4 is 0 Å². The van der Waals surface area contributed by atoms with Crippen molar-refractivity contribution in [2.24, 2.45) is 0 Å². The van der Waals surface area contributed by atoms with Gasteiger partial charge < -0.3 is 0 Å². The Labute approximate surface area is 345 Å². The molecule has 2 heterocycles. The molecule has 60 heavy (non-hydrogen) atoms. The van der Waals surface area contributed by atoms with Gasteiger partial charge in [-0.25, -0.2) is 24.9 Å². The van der Waals surface area contributed by atoms with Crippen LogP contribution in [0.3, 0.4) is 0 Å². The molecule has 2 aromatic heterocycles. The zero-order valence-corrected chi connectivity index (χ0v) is 32.3. The largest absolute Gasteiger partial charge is 0.228 e. The molecular formula is C55H33N5. The van der Waals surface area contributed by atoms with Gasteiger partial charge in [0.05, 0.1) is 11.4 Å². The highest BCUT2D eigenvalue weighted by Gasteiger charge is 2.21. The highest BCUT2D eigenvalue weighted by atomic mass is 15.0. The van der Waals surface area contributed by atoms with E-state index in [9.17, 15) is 0 Å². The van der Waals surface area contributed by atoms with E-state index in [1.807, 2.05) is 12.1 Å². The Morgan fingerprint density at radius 3 is 1.07 bits per heavy atom. The molecule has 0 radical (unpaired) electrons. The highest BCUT2D eigenvalue weighted by Crippen LogP contribution is 2.43. The number of fused-ring (bicyclic) bond motifs is 2. The molecule has 0 fully saturated rings. The van der Waals surface area contributed by atoms with Crippen LogP contribution in [-0.4, -0.2) is 24.9 Å². The lowest BCUT2D eigenvalue weighted by Crippen LogP contribution is -2.01. The normalized spacial score (nSPS) is 11.7. The third-order valence-electron chi connectivity index (χ3n) is 11.7. The van der Waals surface area contributed by atoms with Crippen molar-refractivity contribution >= 4 is 53.9 Å². The SMILES string of the molecule is c1ccc(-c2cc(-c3ccccc3)nc(-c3ccc4ccc5c(-c6nc(-c7cccc8ccccc78)nc(-c7cccc8ccccc78)n6)ccc6ccc3c4c65)n2)cc1. The number of nitrogens with zero attached hydrogens (tertiary/aromatic N) is 5. The van der Waals surface area contributed by atoms with Crippen molar-refractivity contribution < 1.29 is 0 Å². The molecule has 0 aliphatic rings. The summed E-state index contributed by atoms with van der Waals surface area (Å²) in [5.41, 5.74) is 7.71. The Morgan fingerprint density at radius 1 is 0.233 bits per heavy atom. The molecule has 0 saturated heterocycles. The summed E-state index contributed by atoms with van der Waals surface area (Å²) in [6, 6.07) is 69.8. The van der Waals surface area contributed by atoms with E-state index >= 15 is 0 Å². The second kappa shape index (κ2) is 13.8. The van der Waals surface area contributed by atoms with Gasteiger partial charge in [-0.3, -0.25) is 0 Å². The van der Waals surface area contributed by atoms with E-state index < -0.39 is 0 Å². The predicted molar refractivity (Wildman–Crippen MR) is 247 cm³/mol. The van der Waals surface area contributed by atoms with Gasteiger partial charge in [-0.15, -0.1) is 0 Å². The van der Waals surface area contributed by atoms with Gasteiger partial charge in [0, 0.05) is 33.4 Å². The fraction of sp³-hybridized carbons (Fsp3) is 0. The molecule has 12 rings (SSSR count). The number of hydrogen-bond donors (Lipinski definition) is 0. The molecule has 10 aromatic carbocycles. The summed E-state index contributed by atoms with van der Waals surface area (Å²) in [4.78, 5) is 26.3. The highest BCUT2D eigenvalue weighted by molar-refractivity contribution is 6.27. The van der Waals surface area contributed by atoms with Crippen LogP contribution in [-0.2, 0) is 0 Å². The Morgan fingerprint density at radius 2 is 0.600 bits per heavy atom. The van der Waals surface area contributed by atoms with Crippen molar-refractivity contribution in [1.82, 2.24) is 24.9 Å². The molecule has 5 heteroatoms. The summed E-state index contributed by atoms with van der Waals surface area (Å²) in [6.45, 7) is 0. The topological polar surface area (TPSA) is 64.5 Å². The predicted octanol–water partition coefficient (Wildman–Crippen LogP) is 13.9. The number of benzene rings is 10. The first-order valence-electron chi connectivity index (χ1n) is 20.2. The molecule has 12 aromatic rings. The molecular weight excluding hydrogens is 731 g/mol. The second-order valence-corrected chi connectivity index (χ2v) is 15.2. The van der Waals surface area contributed by atoms with E-state index in [0.29, 0.717) is 23.3 Å². The molecule has 278 valence electrons. The van der Waals surface area contributed by atoms with Crippen LogP contribution in [0.15, 0.2) is 200 Å². The number of hydrogen-bond acceptors (Lipinski definition) is 5. The number of aromatic nitrogens is 5. The lowest BCUT2D eigenvalue weighted by molar-refractivity contribution is 1.08. The van der Waals surface area contributed by atoms with E-state index in [2.05, 4.69) is 188 Å². The second-order valence-electron chi connectivity index (χ2n) is 15.2. The Balaban J connectivity index is 1.10. The molecule has 0 aliphatic heterocycles. The Bertz CT molecular complexity index is 3440. The molecule has 0 atom stereocenters. The quantitative estimate of drug-likeness (QED) is 0.158. The van der Waals surface area contributed by atoms with Gasteiger partial charge in [0.25, 0.3) is 0 Å². The smallest absolute Gasteiger partial charge is 0.164 e. The molecule has 0 amide bonds. The van der Waals surface area contributed by atoms with Gasteiger partial charge in [-0.2, -0.15) is 0 Å². The van der Waals surface area contributed by atoms with Gasteiger partial charge in [0.2, 0.25) is 0 Å². The summed E-state index contributed by atoms with van der Waals surface area (Å²) in [7, 11) is 0. The van der Waals surface area contributed by atoms with E-state index in [0.717, 1.165) is 98.6 Å². The average molecular weight is 764 g/mol. The van der Waals surface area contributed by atoms with Crippen LogP contribution in [0.2, 0.25) is 0 Å². The van der Waals surface area contributed by atoms with E-state index in [1.165, 1.54) is 0 Å². The van der Waals surface area contributed by atoms with Crippen LogP contribution in [0.1, 0.15) is 0 Å². The van der Waals surface area contributed by atoms with Crippen LogP contribution in [0.25, 0.3) is 122 Å². The first kappa shape index (κ1) is 33.9. The zero-order valence-electron chi connectivity index (χ0n) is 32.3. The maximum atomic E-state index is 5.31. The van der Waals surface area contributed by atoms with Crippen molar-refractivity contribution in [3.05, 3.63) is 200 Å². The van der Waals surface area contributed by atoms with E-state index in [4.69, 9.17) is 24.9 Å². The minimum atomic E-state index is 0.625. The fourth-order valence-corrected chi connectivity index (χ4v) is 8.85. The van der Waals surface area contributed by atoms with Crippen LogP contribution in [0, 0.1) is 0 Å². The van der Waals surface area contributed by atoms with Gasteiger partial charge in [0.15, 0.2) is 23.3 Å². The average Bonchev–Trinajstić information content (AvgIpc) is 3.33. The summed E-state index contributed by atoms with van der Waals surface area (Å²) in [5, 5.41) is 11.2. The molecule has 0 N–H and O–H groups in total. The molecule has 0 saturated carbocycles. The lowest BCUT2D eigenvalue weighted by atomic mass is 9.89. The summed E-state index contributed by atoms with van der Waals surface area (Å²) >= 11 is 0. The lowest BCUT2D eigenvalue weighted by Gasteiger charge is -2.17. The van der Waals surface area contributed by atoms with Crippen LogP contribution >= 0.6 is 0 Å². The molecule has 5 nitrogen and oxygen atoms in total. The van der Waals surface area contributed by atoms with Gasteiger partial charge in [0.1, 0.15) is 0 Å². The standard InChI is InChI=1S/C55H33N5/c1-3-15-36(16-4-1)48-33-49(37-17-5-2-6-18-37)57-52(56-48)46-31-27-38-26-30-43-47(32-28-39-25-29-42(46)50(38)51(39)43)55-59-53(44-23-11-19-34-13-7-9-21-40(34)44)58-54(60-55)45-24-12-20-35-14-8-10-22-41(35)45/h1-33H. The van der Waals surface area contributed by atoms with Crippen LogP contribution in [0.4, 0.5) is 0 Å². The summed E-state index contributed by atoms with van der Waals surface area (Å²) in [6.07, 6.45) is 0. The number of rotatable bonds is 6. The first-order chi connectivity index (χ1) is 29.7. The van der Waals surface area contributed by atoms with Gasteiger partial charge in [-0.1, -0.05) is 182 Å². The summed E-state index contributed by atoms with van der Waals surface area (Å²) < 4.78 is 0. The van der Waals surface area contributed by atoms with Crippen molar-refractivity contribution in [2.45, 2.75) is 0 Å². The van der Waals surface area contributed by atoms with E-state index in [-0.39, 0.29) is 0 Å².